The molecular weight excluding hydrogens is 442 g/mol. The van der Waals surface area contributed by atoms with Crippen molar-refractivity contribution in [1.82, 2.24) is 0 Å². The molecular formula is C16H9Br2N3O3. The van der Waals surface area contributed by atoms with Crippen molar-refractivity contribution in [2.45, 2.75) is 0 Å². The van der Waals surface area contributed by atoms with Crippen LogP contribution in [0, 0.1) is 21.4 Å². The lowest BCUT2D eigenvalue weighted by molar-refractivity contribution is -0.384. The Kier molecular flexibility index (Phi) is 5.84. The Morgan fingerprint density at radius 3 is 2.58 bits per heavy atom. The standard InChI is InChI=1S/C16H9Br2N3O3/c17-12-3-1-2-10(7-12)6-11(9-19)16(22)20-15-5-4-13(21(23)24)8-14(15)18/h1-8H,(H,20,22). The van der Waals surface area contributed by atoms with E-state index in [2.05, 4.69) is 37.2 Å². The number of nitro groups is 1. The molecule has 0 radical (unpaired) electrons. The smallest absolute Gasteiger partial charge is 0.270 e. The normalized spacial score (nSPS) is 10.8. The summed E-state index contributed by atoms with van der Waals surface area (Å²) >= 11 is 6.48. The number of benzene rings is 2. The lowest BCUT2D eigenvalue weighted by atomic mass is 10.1. The molecule has 0 aliphatic heterocycles. The SMILES string of the molecule is N#CC(=Cc1cccc(Br)c1)C(=O)Nc1ccc([N+](=O)[O-])cc1Br. The highest BCUT2D eigenvalue weighted by molar-refractivity contribution is 9.10. The van der Waals surface area contributed by atoms with Crippen molar-refractivity contribution in [1.29, 1.82) is 5.26 Å². The molecule has 8 heteroatoms. The van der Waals surface area contributed by atoms with Gasteiger partial charge in [-0.1, -0.05) is 28.1 Å². The van der Waals surface area contributed by atoms with Gasteiger partial charge in [-0.3, -0.25) is 14.9 Å². The van der Waals surface area contributed by atoms with Gasteiger partial charge in [0.05, 0.1) is 10.6 Å². The lowest BCUT2D eigenvalue weighted by Gasteiger charge is -2.06. The van der Waals surface area contributed by atoms with Gasteiger partial charge in [-0.25, -0.2) is 0 Å². The number of carbonyl (C=O) groups excluding carboxylic acids is 1. The molecule has 0 spiro atoms. The van der Waals surface area contributed by atoms with E-state index in [0.717, 1.165) is 4.47 Å². The van der Waals surface area contributed by atoms with E-state index >= 15 is 0 Å². The fourth-order valence-corrected chi connectivity index (χ4v) is 2.70. The molecule has 1 N–H and O–H groups in total. The van der Waals surface area contributed by atoms with Crippen molar-refractivity contribution < 1.29 is 9.72 Å². The second kappa shape index (κ2) is 7.86. The number of nitro benzene ring substituents is 1. The predicted octanol–water partition coefficient (Wildman–Crippen LogP) is 4.67. The Morgan fingerprint density at radius 1 is 1.25 bits per heavy atom. The first-order valence-electron chi connectivity index (χ1n) is 6.53. The molecule has 0 fully saturated rings. The Labute approximate surface area is 154 Å². The third-order valence-corrected chi connectivity index (χ3v) is 4.09. The molecule has 0 saturated carbocycles. The number of halogens is 2. The van der Waals surface area contributed by atoms with Crippen molar-refractivity contribution >= 4 is 55.2 Å². The van der Waals surface area contributed by atoms with Crippen LogP contribution in [0.4, 0.5) is 11.4 Å². The zero-order valence-electron chi connectivity index (χ0n) is 12.0. The van der Waals surface area contributed by atoms with Crippen LogP contribution in [0.25, 0.3) is 6.08 Å². The minimum absolute atomic E-state index is 0.0849. The number of carbonyl (C=O) groups is 1. The van der Waals surface area contributed by atoms with Crippen LogP contribution in [-0.4, -0.2) is 10.8 Å². The van der Waals surface area contributed by atoms with Gasteiger partial charge in [-0.15, -0.1) is 0 Å². The summed E-state index contributed by atoms with van der Waals surface area (Å²) in [5, 5.41) is 22.5. The number of amides is 1. The first-order chi connectivity index (χ1) is 11.4. The molecule has 2 aromatic carbocycles. The minimum Gasteiger partial charge on any atom is -0.320 e. The molecule has 0 aromatic heterocycles. The third-order valence-electron chi connectivity index (χ3n) is 2.94. The van der Waals surface area contributed by atoms with Gasteiger partial charge in [0.1, 0.15) is 11.6 Å². The first kappa shape index (κ1) is 17.8. The van der Waals surface area contributed by atoms with Crippen LogP contribution in [0.5, 0.6) is 0 Å². The maximum atomic E-state index is 12.2. The fourth-order valence-electron chi connectivity index (χ4n) is 1.82. The van der Waals surface area contributed by atoms with Crippen LogP contribution in [0.2, 0.25) is 0 Å². The Morgan fingerprint density at radius 2 is 2.00 bits per heavy atom. The fraction of sp³-hybridized carbons (Fsp3) is 0. The number of hydrogen-bond donors (Lipinski definition) is 1. The molecule has 2 rings (SSSR count). The summed E-state index contributed by atoms with van der Waals surface area (Å²) in [4.78, 5) is 22.4. The quantitative estimate of drug-likeness (QED) is 0.317. The summed E-state index contributed by atoms with van der Waals surface area (Å²) < 4.78 is 1.18. The van der Waals surface area contributed by atoms with Gasteiger partial charge >= 0.3 is 0 Å². The highest BCUT2D eigenvalue weighted by Crippen LogP contribution is 2.27. The van der Waals surface area contributed by atoms with Gasteiger partial charge in [0.15, 0.2) is 0 Å². The van der Waals surface area contributed by atoms with Gasteiger partial charge in [-0.05, 0) is 45.8 Å². The molecule has 0 heterocycles. The van der Waals surface area contributed by atoms with Gasteiger partial charge in [0, 0.05) is 21.1 Å². The summed E-state index contributed by atoms with van der Waals surface area (Å²) in [6.07, 6.45) is 1.46. The van der Waals surface area contributed by atoms with Crippen molar-refractivity contribution in [2.24, 2.45) is 0 Å². The summed E-state index contributed by atoms with van der Waals surface area (Å²) in [6, 6.07) is 12.9. The Balaban J connectivity index is 2.24. The van der Waals surface area contributed by atoms with E-state index in [1.54, 1.807) is 18.2 Å². The number of hydrogen-bond acceptors (Lipinski definition) is 4. The van der Waals surface area contributed by atoms with Crippen molar-refractivity contribution in [3.63, 3.8) is 0 Å². The van der Waals surface area contributed by atoms with Crippen molar-refractivity contribution in [2.75, 3.05) is 5.32 Å². The molecule has 6 nitrogen and oxygen atoms in total. The summed E-state index contributed by atoms with van der Waals surface area (Å²) in [5.41, 5.74) is 0.836. The molecule has 1 amide bonds. The third kappa shape index (κ3) is 4.50. The zero-order valence-corrected chi connectivity index (χ0v) is 15.2. The number of rotatable bonds is 4. The minimum atomic E-state index is -0.605. The molecule has 0 bridgehead atoms. The van der Waals surface area contributed by atoms with E-state index in [1.165, 1.54) is 24.3 Å². The second-order valence-electron chi connectivity index (χ2n) is 4.60. The Bertz CT molecular complexity index is 888. The number of anilines is 1. The number of nitrogens with zero attached hydrogens (tertiary/aromatic N) is 2. The zero-order chi connectivity index (χ0) is 17.7. The van der Waals surface area contributed by atoms with Crippen LogP contribution in [0.3, 0.4) is 0 Å². The predicted molar refractivity (Wildman–Crippen MR) is 97.2 cm³/mol. The average Bonchev–Trinajstić information content (AvgIpc) is 2.54. The van der Waals surface area contributed by atoms with E-state index in [0.29, 0.717) is 15.7 Å². The van der Waals surface area contributed by atoms with Gasteiger partial charge < -0.3 is 5.32 Å². The number of nitriles is 1. The van der Waals surface area contributed by atoms with E-state index in [4.69, 9.17) is 0 Å². The average molecular weight is 451 g/mol. The van der Waals surface area contributed by atoms with Crippen LogP contribution in [-0.2, 0) is 4.79 Å². The highest BCUT2D eigenvalue weighted by Gasteiger charge is 2.14. The molecule has 24 heavy (non-hydrogen) atoms. The van der Waals surface area contributed by atoms with Gasteiger partial charge in [0.2, 0.25) is 0 Å². The first-order valence-corrected chi connectivity index (χ1v) is 8.12. The summed E-state index contributed by atoms with van der Waals surface area (Å²) in [7, 11) is 0. The monoisotopic (exact) mass is 449 g/mol. The molecule has 0 atom stereocenters. The van der Waals surface area contributed by atoms with Crippen LogP contribution >= 0.6 is 31.9 Å². The van der Waals surface area contributed by atoms with Crippen LogP contribution < -0.4 is 5.32 Å². The van der Waals surface area contributed by atoms with Crippen LogP contribution in [0.15, 0.2) is 57.0 Å². The number of non-ortho nitro benzene ring substituents is 1. The van der Waals surface area contributed by atoms with E-state index in [9.17, 15) is 20.2 Å². The largest absolute Gasteiger partial charge is 0.320 e. The topological polar surface area (TPSA) is 96.0 Å². The van der Waals surface area contributed by atoms with E-state index in [1.807, 2.05) is 12.1 Å². The summed E-state index contributed by atoms with van der Waals surface area (Å²) in [5.74, 6) is -0.605. The molecule has 0 aliphatic rings. The lowest BCUT2D eigenvalue weighted by Crippen LogP contribution is -2.13. The van der Waals surface area contributed by atoms with E-state index in [-0.39, 0.29) is 11.3 Å². The van der Waals surface area contributed by atoms with Gasteiger partial charge in [-0.2, -0.15) is 5.26 Å². The highest BCUT2D eigenvalue weighted by atomic mass is 79.9. The molecule has 0 saturated heterocycles. The second-order valence-corrected chi connectivity index (χ2v) is 6.37. The maximum absolute atomic E-state index is 12.2. The molecule has 0 aliphatic carbocycles. The number of nitrogens with one attached hydrogen (secondary N) is 1. The maximum Gasteiger partial charge on any atom is 0.270 e. The van der Waals surface area contributed by atoms with E-state index < -0.39 is 10.8 Å². The molecule has 0 unspecified atom stereocenters. The molecule has 2 aromatic rings. The van der Waals surface area contributed by atoms with Crippen molar-refractivity contribution in [3.05, 3.63) is 72.7 Å². The van der Waals surface area contributed by atoms with Crippen molar-refractivity contribution in [3.8, 4) is 6.07 Å². The van der Waals surface area contributed by atoms with Gasteiger partial charge in [0.25, 0.3) is 11.6 Å². The van der Waals surface area contributed by atoms with Crippen LogP contribution in [0.1, 0.15) is 5.56 Å². The Hall–Kier alpha value is -2.50. The summed E-state index contributed by atoms with van der Waals surface area (Å²) in [6.45, 7) is 0. The molecule has 120 valence electrons.